The lowest BCUT2D eigenvalue weighted by atomic mass is 9.41. The van der Waals surface area contributed by atoms with Crippen molar-refractivity contribution in [3.63, 3.8) is 0 Å². The van der Waals surface area contributed by atoms with E-state index in [1.807, 2.05) is 72.8 Å². The van der Waals surface area contributed by atoms with Crippen LogP contribution in [0.25, 0.3) is 31.4 Å². The summed E-state index contributed by atoms with van der Waals surface area (Å²) in [6, 6.07) is 48.1. The first-order valence-electron chi connectivity index (χ1n) is 27.8. The summed E-state index contributed by atoms with van der Waals surface area (Å²) < 4.78 is 115. The Balaban J connectivity index is 0.800. The molecule has 4 unspecified atom stereocenters. The zero-order valence-electron chi connectivity index (χ0n) is 46.1. The first-order chi connectivity index (χ1) is 39.4. The number of hydrogen-bond acceptors (Lipinski definition) is 5. The van der Waals surface area contributed by atoms with Crippen molar-refractivity contribution in [2.45, 2.75) is 97.6 Å². The van der Waals surface area contributed by atoms with Crippen molar-refractivity contribution in [2.75, 3.05) is 21.3 Å². The fourth-order valence-corrected chi connectivity index (χ4v) is 19.5. The second kappa shape index (κ2) is 18.5. The van der Waals surface area contributed by atoms with E-state index in [2.05, 4.69) is 72.2 Å². The number of alkyl halides is 6. The van der Waals surface area contributed by atoms with Gasteiger partial charge in [-0.1, -0.05) is 145 Å². The predicted molar refractivity (Wildman–Crippen MR) is 318 cm³/mol. The molecule has 2 heterocycles. The molecule has 0 radical (unpaired) electrons. The van der Waals surface area contributed by atoms with Crippen molar-refractivity contribution < 1.29 is 40.6 Å². The van der Waals surface area contributed by atoms with E-state index in [-0.39, 0.29) is 33.1 Å². The monoisotopic (exact) mass is 1130 g/mol. The summed E-state index contributed by atoms with van der Waals surface area (Å²) in [5.74, 6) is 0.458. The van der Waals surface area contributed by atoms with Crippen LogP contribution in [-0.2, 0) is 15.6 Å². The van der Waals surface area contributed by atoms with E-state index >= 15 is 26.3 Å². The average molecular weight is 1140 g/mol. The maximum atomic E-state index is 16.6. The number of hydrogen-bond donors (Lipinski definition) is 0. The van der Waals surface area contributed by atoms with E-state index in [1.54, 1.807) is 59.3 Å². The van der Waals surface area contributed by atoms with Crippen molar-refractivity contribution in [1.29, 1.82) is 0 Å². The zero-order valence-corrected chi connectivity index (χ0v) is 47.7. The Morgan fingerprint density at radius 2 is 0.927 bits per heavy atom. The van der Waals surface area contributed by atoms with E-state index in [1.165, 1.54) is 36.4 Å². The van der Waals surface area contributed by atoms with Crippen LogP contribution in [0.2, 0.25) is 0 Å². The average Bonchev–Trinajstić information content (AvgIpc) is 1.52. The molecule has 6 atom stereocenters. The molecule has 2 aliphatic heterocycles. The van der Waals surface area contributed by atoms with Gasteiger partial charge in [-0.3, -0.25) is 0 Å². The Hall–Kier alpha value is -7.02. The molecule has 7 aromatic rings. The van der Waals surface area contributed by atoms with Crippen LogP contribution in [-0.4, -0.2) is 48.8 Å². The maximum Gasteiger partial charge on any atom is 0.380 e. The maximum absolute atomic E-state index is 16.6. The summed E-state index contributed by atoms with van der Waals surface area (Å²) in [4.78, 5) is -0.658. The molecule has 15 rings (SSSR count). The van der Waals surface area contributed by atoms with Gasteiger partial charge in [0.15, 0.2) is 4.93 Å². The third kappa shape index (κ3) is 7.21. The summed E-state index contributed by atoms with van der Waals surface area (Å²) in [5, 5.41) is 3.61. The molecule has 0 spiro atoms. The molecule has 0 aromatic heterocycles. The molecule has 412 valence electrons. The SMILES string of the molecule is COc1cccc2c(C#Cc3ccc(C45C[C@H]6C[C@@H](C4)CC(c4ccc(C7=C(C)C8=C9C(=C%10C(C)=C(c%11ccccc%11)SC%10(OC)C8(C)S7)C(F)(F)C(F)(F)C9(F)F)cc4)(C6)C5)cc3)c3c(OC)cccc3c(C#Cc3ccccc3)c12. The van der Waals surface area contributed by atoms with Crippen LogP contribution in [0.5, 0.6) is 11.5 Å². The highest BCUT2D eigenvalue weighted by atomic mass is 32.2. The van der Waals surface area contributed by atoms with Crippen LogP contribution in [0.1, 0.15) is 104 Å². The number of rotatable bonds is 7. The summed E-state index contributed by atoms with van der Waals surface area (Å²) in [7, 11) is 4.71. The minimum absolute atomic E-state index is 0.0442. The minimum atomic E-state index is -5.68. The van der Waals surface area contributed by atoms with Crippen LogP contribution >= 0.6 is 23.5 Å². The number of halogens is 6. The topological polar surface area (TPSA) is 27.7 Å². The van der Waals surface area contributed by atoms with Crippen LogP contribution in [0.15, 0.2) is 179 Å². The highest BCUT2D eigenvalue weighted by Gasteiger charge is 2.85. The molecule has 0 amide bonds. The van der Waals surface area contributed by atoms with E-state index in [4.69, 9.17) is 14.2 Å². The van der Waals surface area contributed by atoms with Crippen molar-refractivity contribution >= 4 is 54.9 Å². The number of methoxy groups -OCH3 is 3. The zero-order chi connectivity index (χ0) is 56.9. The number of thioether (sulfide) groups is 2. The molecule has 7 aromatic carbocycles. The molecule has 11 heteroatoms. The lowest BCUT2D eigenvalue weighted by Gasteiger charge is -2.63. The molecule has 6 aliphatic carbocycles. The van der Waals surface area contributed by atoms with E-state index < -0.39 is 38.6 Å². The minimum Gasteiger partial charge on any atom is -0.496 e. The smallest absolute Gasteiger partial charge is 0.380 e. The lowest BCUT2D eigenvalue weighted by Crippen LogP contribution is -2.55. The standard InChI is InChI=1S/C71H56F6O3S2/c1-41-59-61-62(69(74,75)71(76,77)68(61,72)73)60-42(2)64(47-17-11-8-12-18-47)82-70(60,80-6)65(59,3)81-63(41)48-27-31-50(32-28-48)67-38-45-35-46(39-67)37-66(36-45,40-67)49-29-23-44(24-30-49)26-34-54-52-20-14-21-55(78-4)57(52)53(33-25-43-15-9-7-10-16-43)51-19-13-22-56(79-5)58(51)54/h7-24,27-32,45-46H,35-40H2,1-6H3/t45-,46+,65?,66?,67?,70?. The van der Waals surface area contributed by atoms with Gasteiger partial charge < -0.3 is 14.2 Å². The van der Waals surface area contributed by atoms with Gasteiger partial charge in [0.2, 0.25) is 0 Å². The van der Waals surface area contributed by atoms with Crippen molar-refractivity contribution in [2.24, 2.45) is 11.8 Å². The van der Waals surface area contributed by atoms with Gasteiger partial charge in [-0.2, -0.15) is 26.3 Å². The van der Waals surface area contributed by atoms with Crippen molar-refractivity contribution in [1.82, 2.24) is 0 Å². The Morgan fingerprint density at radius 1 is 0.476 bits per heavy atom. The fourth-order valence-electron chi connectivity index (χ4n) is 16.1. The van der Waals surface area contributed by atoms with Gasteiger partial charge >= 0.3 is 17.8 Å². The molecule has 0 N–H and O–H groups in total. The van der Waals surface area contributed by atoms with Gasteiger partial charge in [0, 0.05) is 77.4 Å². The molecule has 0 saturated heterocycles. The number of allylic oxidation sites excluding steroid dienone is 3. The summed E-state index contributed by atoms with van der Waals surface area (Å²) in [6.45, 7) is 4.86. The van der Waals surface area contributed by atoms with Gasteiger partial charge in [0.25, 0.3) is 0 Å². The summed E-state index contributed by atoms with van der Waals surface area (Å²) in [6.07, 6.45) is 6.49. The molecule has 4 bridgehead atoms. The first kappa shape index (κ1) is 53.0. The summed E-state index contributed by atoms with van der Waals surface area (Å²) >= 11 is 2.39. The Labute approximate surface area is 482 Å². The Morgan fingerprint density at radius 3 is 1.44 bits per heavy atom. The van der Waals surface area contributed by atoms with Crippen LogP contribution in [0, 0.1) is 35.5 Å². The molecule has 8 aliphatic rings. The van der Waals surface area contributed by atoms with Gasteiger partial charge in [-0.05, 0) is 157 Å². The molecular weight excluding hydrogens is 1080 g/mol. The third-order valence-electron chi connectivity index (χ3n) is 19.2. The van der Waals surface area contributed by atoms with Crippen molar-refractivity contribution in [3.05, 3.63) is 224 Å². The van der Waals surface area contributed by atoms with Crippen LogP contribution in [0.4, 0.5) is 26.3 Å². The lowest BCUT2D eigenvalue weighted by molar-refractivity contribution is -0.258. The third-order valence-corrected chi connectivity index (χ3v) is 22.8. The normalized spacial score (nSPS) is 27.8. The Bertz CT molecular complexity index is 4140. The van der Waals surface area contributed by atoms with Crippen molar-refractivity contribution in [3.8, 4) is 35.2 Å². The van der Waals surface area contributed by atoms with E-state index in [9.17, 15) is 0 Å². The molecule has 82 heavy (non-hydrogen) atoms. The van der Waals surface area contributed by atoms with Gasteiger partial charge in [-0.15, -0.1) is 11.8 Å². The second-order valence-electron chi connectivity index (χ2n) is 23.6. The Kier molecular flexibility index (Phi) is 12.0. The van der Waals surface area contributed by atoms with E-state index in [0.717, 1.165) is 87.7 Å². The van der Waals surface area contributed by atoms with E-state index in [0.29, 0.717) is 44.3 Å². The first-order valence-corrected chi connectivity index (χ1v) is 29.4. The fraction of sp³-hybridized carbons (Fsp3) is 0.296. The summed E-state index contributed by atoms with van der Waals surface area (Å²) in [5.41, 5.74) is 4.59. The highest BCUT2D eigenvalue weighted by molar-refractivity contribution is 8.14. The van der Waals surface area contributed by atoms with Crippen LogP contribution < -0.4 is 9.47 Å². The largest absolute Gasteiger partial charge is 0.496 e. The molecule has 5 fully saturated rings. The number of benzene rings is 7. The highest BCUT2D eigenvalue weighted by Crippen LogP contribution is 2.78. The van der Waals surface area contributed by atoms with Gasteiger partial charge in [0.05, 0.1) is 19.0 Å². The molecular formula is C71H56F6O3S2. The second-order valence-corrected chi connectivity index (χ2v) is 26.2. The number of fused-ring (bicyclic) bond motifs is 6. The predicted octanol–water partition coefficient (Wildman–Crippen LogP) is 17.9. The molecule has 3 nitrogen and oxygen atoms in total. The van der Waals surface area contributed by atoms with Gasteiger partial charge in [0.1, 0.15) is 11.5 Å². The van der Waals surface area contributed by atoms with Gasteiger partial charge in [-0.25, -0.2) is 0 Å². The quantitative estimate of drug-likeness (QED) is 0.0901. The van der Waals surface area contributed by atoms with Crippen LogP contribution in [0.3, 0.4) is 0 Å². The number of ether oxygens (including phenoxy) is 3. The molecule has 5 saturated carbocycles.